The highest BCUT2D eigenvalue weighted by molar-refractivity contribution is 5.71. The van der Waals surface area contributed by atoms with Crippen LogP contribution in [0.25, 0.3) is 0 Å². The van der Waals surface area contributed by atoms with Crippen LogP contribution in [0.3, 0.4) is 0 Å². The number of allylic oxidation sites excluding steroid dienone is 28. The minimum absolute atomic E-state index is 0.101. The summed E-state index contributed by atoms with van der Waals surface area (Å²) in [6.07, 6.45) is 93.9. The van der Waals surface area contributed by atoms with Crippen molar-refractivity contribution in [3.05, 3.63) is 170 Å². The largest absolute Gasteiger partial charge is 0.462 e. The van der Waals surface area contributed by atoms with E-state index >= 15 is 0 Å². The molecule has 0 spiro atoms. The van der Waals surface area contributed by atoms with Crippen molar-refractivity contribution in [2.24, 2.45) is 0 Å². The van der Waals surface area contributed by atoms with E-state index in [9.17, 15) is 14.4 Å². The number of hydrogen-bond acceptors (Lipinski definition) is 6. The highest BCUT2D eigenvalue weighted by atomic mass is 16.6. The third-order valence-corrected chi connectivity index (χ3v) is 12.2. The van der Waals surface area contributed by atoms with E-state index in [2.05, 4.69) is 191 Å². The van der Waals surface area contributed by atoms with Crippen LogP contribution in [0.2, 0.25) is 0 Å². The average Bonchev–Trinajstić information content (AvgIpc) is 3.43. The molecule has 0 aliphatic heterocycles. The van der Waals surface area contributed by atoms with Gasteiger partial charge in [0.1, 0.15) is 13.2 Å². The molecule has 0 saturated heterocycles. The first-order valence-electron chi connectivity index (χ1n) is 30.6. The van der Waals surface area contributed by atoms with Gasteiger partial charge >= 0.3 is 17.9 Å². The van der Waals surface area contributed by atoms with Crippen LogP contribution in [-0.4, -0.2) is 37.2 Å². The lowest BCUT2D eigenvalue weighted by molar-refractivity contribution is -0.167. The number of hydrogen-bond donors (Lipinski definition) is 0. The van der Waals surface area contributed by atoms with Crippen LogP contribution in [0.5, 0.6) is 0 Å². The molecule has 77 heavy (non-hydrogen) atoms. The zero-order valence-electron chi connectivity index (χ0n) is 49.1. The number of ether oxygens (including phenoxy) is 3. The smallest absolute Gasteiger partial charge is 0.306 e. The van der Waals surface area contributed by atoms with Gasteiger partial charge in [0.2, 0.25) is 0 Å². The van der Waals surface area contributed by atoms with Crippen LogP contribution in [0.1, 0.15) is 239 Å². The summed E-state index contributed by atoms with van der Waals surface area (Å²) < 4.78 is 16.7. The molecular formula is C71H110O6. The van der Waals surface area contributed by atoms with Crippen molar-refractivity contribution in [3.8, 4) is 0 Å². The highest BCUT2D eigenvalue weighted by Gasteiger charge is 2.19. The summed E-state index contributed by atoms with van der Waals surface area (Å²) >= 11 is 0. The summed E-state index contributed by atoms with van der Waals surface area (Å²) in [6.45, 7) is 6.27. The lowest BCUT2D eigenvalue weighted by atomic mass is 10.1. The Bertz CT molecular complexity index is 1790. The maximum atomic E-state index is 12.8. The molecule has 1 unspecified atom stereocenters. The molecule has 0 saturated carbocycles. The van der Waals surface area contributed by atoms with E-state index in [1.54, 1.807) is 0 Å². The third kappa shape index (κ3) is 61.5. The third-order valence-electron chi connectivity index (χ3n) is 12.2. The van der Waals surface area contributed by atoms with E-state index in [0.717, 1.165) is 186 Å². The lowest BCUT2D eigenvalue weighted by Gasteiger charge is -2.18. The maximum absolute atomic E-state index is 12.8. The quantitative estimate of drug-likeness (QED) is 0.0261. The first kappa shape index (κ1) is 71.8. The van der Waals surface area contributed by atoms with Gasteiger partial charge in [0.15, 0.2) is 6.10 Å². The number of esters is 3. The summed E-state index contributed by atoms with van der Waals surface area (Å²) in [5, 5.41) is 0. The van der Waals surface area contributed by atoms with Gasteiger partial charge in [-0.15, -0.1) is 0 Å². The van der Waals surface area contributed by atoms with E-state index < -0.39 is 6.10 Å². The van der Waals surface area contributed by atoms with Gasteiger partial charge < -0.3 is 14.2 Å². The van der Waals surface area contributed by atoms with Crippen LogP contribution in [0.4, 0.5) is 0 Å². The SMILES string of the molecule is CC/C=C\C/C=C\C/C=C\C/C=C\C/C=C\C/C=C\C/C=C\C/C=C\CCCCCCCCC(=O)OCC(COC(=O)CCCCCCC)OC(=O)CCCCCC/C=C\C/C=C\C/C=C\C/C=C\C/C=C\C/C=C\CC. The van der Waals surface area contributed by atoms with Crippen molar-refractivity contribution in [1.82, 2.24) is 0 Å². The molecule has 6 nitrogen and oxygen atoms in total. The Morgan fingerprint density at radius 1 is 0.273 bits per heavy atom. The van der Waals surface area contributed by atoms with Gasteiger partial charge in [0, 0.05) is 19.3 Å². The second kappa shape index (κ2) is 63.3. The summed E-state index contributed by atoms with van der Waals surface area (Å²) in [5.41, 5.74) is 0. The van der Waals surface area contributed by atoms with Gasteiger partial charge in [0.05, 0.1) is 0 Å². The van der Waals surface area contributed by atoms with Crippen LogP contribution in [0, 0.1) is 0 Å². The predicted molar refractivity (Wildman–Crippen MR) is 334 cm³/mol. The van der Waals surface area contributed by atoms with Crippen LogP contribution in [-0.2, 0) is 28.6 Å². The molecule has 0 amide bonds. The average molecular weight is 1060 g/mol. The van der Waals surface area contributed by atoms with Crippen molar-refractivity contribution in [2.75, 3.05) is 13.2 Å². The van der Waals surface area contributed by atoms with Crippen LogP contribution >= 0.6 is 0 Å². The van der Waals surface area contributed by atoms with Crippen molar-refractivity contribution < 1.29 is 28.6 Å². The molecular weight excluding hydrogens is 949 g/mol. The van der Waals surface area contributed by atoms with Crippen molar-refractivity contribution >= 4 is 17.9 Å². The number of carbonyl (C=O) groups is 3. The first-order chi connectivity index (χ1) is 38.0. The summed E-state index contributed by atoms with van der Waals surface area (Å²) in [6, 6.07) is 0. The number of rotatable bonds is 53. The van der Waals surface area contributed by atoms with Crippen LogP contribution in [0.15, 0.2) is 170 Å². The lowest BCUT2D eigenvalue weighted by Crippen LogP contribution is -2.30. The molecule has 0 radical (unpaired) electrons. The summed E-state index contributed by atoms with van der Waals surface area (Å²) in [5.74, 6) is -0.965. The first-order valence-corrected chi connectivity index (χ1v) is 30.6. The predicted octanol–water partition coefficient (Wildman–Crippen LogP) is 21.1. The molecule has 0 aromatic heterocycles. The molecule has 0 aromatic rings. The summed E-state index contributed by atoms with van der Waals surface area (Å²) in [4.78, 5) is 37.9. The van der Waals surface area contributed by atoms with Gasteiger partial charge in [0.25, 0.3) is 0 Å². The zero-order valence-corrected chi connectivity index (χ0v) is 49.1. The minimum Gasteiger partial charge on any atom is -0.462 e. The molecule has 0 aliphatic carbocycles. The molecule has 1 atom stereocenters. The normalized spacial score (nSPS) is 13.3. The Morgan fingerprint density at radius 3 is 0.792 bits per heavy atom. The Kier molecular flexibility index (Phi) is 59.0. The Balaban J connectivity index is 4.20. The monoisotopic (exact) mass is 1060 g/mol. The van der Waals surface area contributed by atoms with Crippen molar-refractivity contribution in [3.63, 3.8) is 0 Å². The molecule has 0 heterocycles. The van der Waals surface area contributed by atoms with Gasteiger partial charge in [-0.2, -0.15) is 0 Å². The molecule has 0 rings (SSSR count). The maximum Gasteiger partial charge on any atom is 0.306 e. The molecule has 6 heteroatoms. The Hall–Kier alpha value is -5.23. The van der Waals surface area contributed by atoms with Crippen LogP contribution < -0.4 is 0 Å². The molecule has 0 N–H and O–H groups in total. The fraction of sp³-hybridized carbons (Fsp3) is 0.563. The van der Waals surface area contributed by atoms with E-state index in [0.29, 0.717) is 12.8 Å². The summed E-state index contributed by atoms with van der Waals surface area (Å²) in [7, 11) is 0. The Morgan fingerprint density at radius 2 is 0.506 bits per heavy atom. The fourth-order valence-electron chi connectivity index (χ4n) is 7.69. The van der Waals surface area contributed by atoms with Gasteiger partial charge in [-0.05, 0) is 135 Å². The minimum atomic E-state index is -0.804. The fourth-order valence-corrected chi connectivity index (χ4v) is 7.69. The molecule has 0 bridgehead atoms. The molecule has 0 aliphatic rings. The molecule has 0 fully saturated rings. The van der Waals surface area contributed by atoms with Crippen molar-refractivity contribution in [2.45, 2.75) is 245 Å². The number of unbranched alkanes of at least 4 members (excludes halogenated alkanes) is 14. The molecule has 430 valence electrons. The van der Waals surface area contributed by atoms with Gasteiger partial charge in [-0.25, -0.2) is 0 Å². The van der Waals surface area contributed by atoms with E-state index in [4.69, 9.17) is 14.2 Å². The second-order valence-electron chi connectivity index (χ2n) is 19.5. The van der Waals surface area contributed by atoms with E-state index in [1.807, 2.05) is 0 Å². The van der Waals surface area contributed by atoms with E-state index in [1.165, 1.54) is 12.8 Å². The molecule has 0 aromatic carbocycles. The topological polar surface area (TPSA) is 78.9 Å². The standard InChI is InChI=1S/C71H110O6/c1-4-7-10-13-15-17-19-21-23-25-27-29-31-32-33-34-35-36-37-38-40-41-43-45-47-49-51-53-55-58-61-64-70(73)76-67-68(66-75-69(72)63-60-57-12-9-6-3)77-71(74)65-62-59-56-54-52-50-48-46-44-42-39-30-28-26-24-22-20-18-16-14-11-8-5-2/h7-8,10-11,15-18,21-24,27-30,32-33,35-36,38,40,42-45,48,50,68H,4-6,9,12-14,19-20,25-26,31,34,37,39,41,46-47,49,51-67H2,1-3H3/b10-7-,11-8-,17-15-,18-16-,23-21-,24-22-,29-27-,30-28-,33-32-,36-35-,40-38-,44-42-,45-43-,50-48-. The highest BCUT2D eigenvalue weighted by Crippen LogP contribution is 2.13. The van der Waals surface area contributed by atoms with Gasteiger partial charge in [-0.3, -0.25) is 14.4 Å². The Labute approximate surface area is 472 Å². The van der Waals surface area contributed by atoms with Gasteiger partial charge in [-0.1, -0.05) is 255 Å². The second-order valence-corrected chi connectivity index (χ2v) is 19.5. The van der Waals surface area contributed by atoms with E-state index in [-0.39, 0.29) is 37.5 Å². The number of carbonyl (C=O) groups excluding carboxylic acids is 3. The van der Waals surface area contributed by atoms with Crippen molar-refractivity contribution in [1.29, 1.82) is 0 Å². The zero-order chi connectivity index (χ0) is 55.7.